The number of fused-ring (bicyclic) bond motifs is 1. The van der Waals surface area contributed by atoms with Crippen LogP contribution in [0.15, 0.2) is 61.1 Å². The number of aromatic nitrogens is 3. The first-order valence-electron chi connectivity index (χ1n) is 9.49. The zero-order chi connectivity index (χ0) is 21.1. The van der Waals surface area contributed by atoms with E-state index < -0.39 is 0 Å². The number of amides is 1. The topological polar surface area (TPSA) is 77.8 Å². The van der Waals surface area contributed by atoms with Gasteiger partial charge in [-0.25, -0.2) is 4.98 Å². The van der Waals surface area contributed by atoms with E-state index >= 15 is 0 Å². The smallest absolute Gasteiger partial charge is 0.271 e. The highest BCUT2D eigenvalue weighted by Crippen LogP contribution is 2.27. The van der Waals surface area contributed by atoms with E-state index in [1.54, 1.807) is 32.8 Å². The number of ether oxygens (including phenoxy) is 2. The fraction of sp³-hybridized carbons (Fsp3) is 0.174. The lowest BCUT2D eigenvalue weighted by Crippen LogP contribution is -2.23. The van der Waals surface area contributed by atoms with E-state index in [9.17, 15) is 4.79 Å². The highest BCUT2D eigenvalue weighted by Gasteiger charge is 2.15. The van der Waals surface area contributed by atoms with E-state index in [4.69, 9.17) is 9.47 Å². The van der Waals surface area contributed by atoms with Gasteiger partial charge in [0.25, 0.3) is 5.91 Å². The van der Waals surface area contributed by atoms with Gasteiger partial charge in [0.05, 0.1) is 14.2 Å². The van der Waals surface area contributed by atoms with Gasteiger partial charge in [0.15, 0.2) is 17.1 Å². The van der Waals surface area contributed by atoms with E-state index in [0.717, 1.165) is 16.8 Å². The van der Waals surface area contributed by atoms with Gasteiger partial charge in [-0.2, -0.15) is 0 Å². The van der Waals surface area contributed by atoms with Crippen LogP contribution >= 0.6 is 0 Å². The van der Waals surface area contributed by atoms with Crippen molar-refractivity contribution in [1.82, 2.24) is 19.7 Å². The molecule has 0 fully saturated rings. The number of nitrogens with one attached hydrogen (secondary N) is 1. The Labute approximate surface area is 174 Å². The zero-order valence-corrected chi connectivity index (χ0v) is 17.0. The summed E-state index contributed by atoms with van der Waals surface area (Å²) in [6, 6.07) is 13.6. The maximum absolute atomic E-state index is 12.7. The normalized spacial score (nSPS) is 10.8. The quantitative estimate of drug-likeness (QED) is 0.533. The van der Waals surface area contributed by atoms with E-state index in [1.807, 2.05) is 53.8 Å². The van der Waals surface area contributed by atoms with Crippen LogP contribution in [-0.4, -0.2) is 34.5 Å². The summed E-state index contributed by atoms with van der Waals surface area (Å²) in [7, 11) is 3.17. The lowest BCUT2D eigenvalue weighted by Gasteiger charge is -2.10. The number of aryl methyl sites for hydroxylation is 1. The van der Waals surface area contributed by atoms with Crippen molar-refractivity contribution in [2.45, 2.75) is 13.5 Å². The lowest BCUT2D eigenvalue weighted by molar-refractivity contribution is 0.0946. The number of benzene rings is 2. The first kappa shape index (κ1) is 19.4. The van der Waals surface area contributed by atoms with Gasteiger partial charge in [-0.3, -0.25) is 9.78 Å². The zero-order valence-electron chi connectivity index (χ0n) is 17.0. The highest BCUT2D eigenvalue weighted by atomic mass is 16.5. The monoisotopic (exact) mass is 402 g/mol. The molecule has 0 saturated carbocycles. The Hall–Kier alpha value is -3.87. The highest BCUT2D eigenvalue weighted by molar-refractivity contribution is 5.93. The molecule has 1 N–H and O–H groups in total. The molecule has 0 bridgehead atoms. The molecule has 4 aromatic rings. The Bertz CT molecular complexity index is 1200. The Morgan fingerprint density at radius 1 is 1.07 bits per heavy atom. The van der Waals surface area contributed by atoms with Crippen LogP contribution in [0.25, 0.3) is 16.9 Å². The number of methoxy groups -OCH3 is 2. The molecule has 30 heavy (non-hydrogen) atoms. The van der Waals surface area contributed by atoms with Crippen LogP contribution < -0.4 is 14.8 Å². The van der Waals surface area contributed by atoms with Gasteiger partial charge in [0, 0.05) is 30.7 Å². The van der Waals surface area contributed by atoms with Crippen molar-refractivity contribution in [1.29, 1.82) is 0 Å². The van der Waals surface area contributed by atoms with Gasteiger partial charge in [-0.1, -0.05) is 35.9 Å². The van der Waals surface area contributed by atoms with Crippen LogP contribution in [0.2, 0.25) is 0 Å². The van der Waals surface area contributed by atoms with Gasteiger partial charge >= 0.3 is 0 Å². The van der Waals surface area contributed by atoms with Gasteiger partial charge < -0.3 is 19.2 Å². The lowest BCUT2D eigenvalue weighted by atomic mass is 10.1. The molecular weight excluding hydrogens is 380 g/mol. The maximum Gasteiger partial charge on any atom is 0.271 e. The van der Waals surface area contributed by atoms with Crippen LogP contribution in [0.4, 0.5) is 0 Å². The van der Waals surface area contributed by atoms with Crippen molar-refractivity contribution >= 4 is 11.6 Å². The van der Waals surface area contributed by atoms with E-state index in [0.29, 0.717) is 29.4 Å². The summed E-state index contributed by atoms with van der Waals surface area (Å²) in [5.74, 6) is 0.998. The predicted octanol–water partition coefficient (Wildman–Crippen LogP) is 3.65. The Morgan fingerprint density at radius 2 is 1.83 bits per heavy atom. The molecule has 0 aliphatic carbocycles. The van der Waals surface area contributed by atoms with Gasteiger partial charge in [0.1, 0.15) is 11.4 Å². The molecule has 2 aromatic heterocycles. The molecule has 152 valence electrons. The standard InChI is InChI=1S/C23H22N4O3/c1-15-4-7-17(8-5-15)21-22-26-18(14-27(22)11-10-24-21)23(28)25-13-16-6-9-19(29-2)20(12-16)30-3/h4-12,14H,13H2,1-3H3,(H,25,28). The second-order valence-electron chi connectivity index (χ2n) is 6.87. The summed E-state index contributed by atoms with van der Waals surface area (Å²) in [6.45, 7) is 2.38. The first-order valence-corrected chi connectivity index (χ1v) is 9.49. The molecule has 0 aliphatic rings. The van der Waals surface area contributed by atoms with Gasteiger partial charge in [-0.05, 0) is 24.6 Å². The molecule has 0 aliphatic heterocycles. The maximum atomic E-state index is 12.7. The van der Waals surface area contributed by atoms with Crippen LogP contribution in [0.5, 0.6) is 11.5 Å². The number of rotatable bonds is 6. The molecule has 4 rings (SSSR count). The third kappa shape index (κ3) is 3.82. The van der Waals surface area contributed by atoms with Crippen molar-refractivity contribution in [2.24, 2.45) is 0 Å². The number of imidazole rings is 1. The Balaban J connectivity index is 1.55. The van der Waals surface area contributed by atoms with E-state index in [-0.39, 0.29) is 5.91 Å². The summed E-state index contributed by atoms with van der Waals surface area (Å²) in [5.41, 5.74) is 4.72. The van der Waals surface area contributed by atoms with Crippen molar-refractivity contribution < 1.29 is 14.3 Å². The minimum Gasteiger partial charge on any atom is -0.493 e. The number of nitrogens with zero attached hydrogens (tertiary/aromatic N) is 3. The minimum atomic E-state index is -0.261. The molecule has 7 nitrogen and oxygen atoms in total. The average Bonchev–Trinajstić information content (AvgIpc) is 3.22. The predicted molar refractivity (Wildman–Crippen MR) is 114 cm³/mol. The number of carbonyl (C=O) groups is 1. The molecule has 0 spiro atoms. The minimum absolute atomic E-state index is 0.261. The summed E-state index contributed by atoms with van der Waals surface area (Å²) >= 11 is 0. The number of carbonyl (C=O) groups excluding carboxylic acids is 1. The second-order valence-corrected chi connectivity index (χ2v) is 6.87. The van der Waals surface area contributed by atoms with Crippen molar-refractivity contribution in [3.63, 3.8) is 0 Å². The SMILES string of the molecule is COc1ccc(CNC(=O)c2cn3ccnc(-c4ccc(C)cc4)c3n2)cc1OC. The molecule has 0 unspecified atom stereocenters. The molecule has 1 amide bonds. The molecular formula is C23H22N4O3. The van der Waals surface area contributed by atoms with Crippen LogP contribution in [0.1, 0.15) is 21.6 Å². The molecule has 0 saturated heterocycles. The first-order chi connectivity index (χ1) is 14.6. The van der Waals surface area contributed by atoms with E-state index in [2.05, 4.69) is 15.3 Å². The van der Waals surface area contributed by atoms with Crippen LogP contribution in [0, 0.1) is 6.92 Å². The molecule has 2 heterocycles. The third-order valence-corrected chi connectivity index (χ3v) is 4.83. The molecule has 7 heteroatoms. The molecule has 0 atom stereocenters. The number of hydrogen-bond acceptors (Lipinski definition) is 5. The third-order valence-electron chi connectivity index (χ3n) is 4.83. The molecule has 0 radical (unpaired) electrons. The van der Waals surface area contributed by atoms with Crippen LogP contribution in [-0.2, 0) is 6.54 Å². The fourth-order valence-corrected chi connectivity index (χ4v) is 3.21. The summed E-state index contributed by atoms with van der Waals surface area (Å²) in [6.07, 6.45) is 5.19. The summed E-state index contributed by atoms with van der Waals surface area (Å²) in [4.78, 5) is 21.7. The summed E-state index contributed by atoms with van der Waals surface area (Å²) in [5, 5.41) is 2.90. The van der Waals surface area contributed by atoms with Gasteiger partial charge in [-0.15, -0.1) is 0 Å². The number of hydrogen-bond donors (Lipinski definition) is 1. The van der Waals surface area contributed by atoms with Crippen LogP contribution in [0.3, 0.4) is 0 Å². The second kappa shape index (κ2) is 8.24. The van der Waals surface area contributed by atoms with Crippen molar-refractivity contribution in [3.8, 4) is 22.8 Å². The largest absolute Gasteiger partial charge is 0.493 e. The Morgan fingerprint density at radius 3 is 2.57 bits per heavy atom. The van der Waals surface area contributed by atoms with E-state index in [1.165, 1.54) is 5.56 Å². The van der Waals surface area contributed by atoms with Crippen molar-refractivity contribution in [2.75, 3.05) is 14.2 Å². The fourth-order valence-electron chi connectivity index (χ4n) is 3.21. The Kier molecular flexibility index (Phi) is 5.34. The summed E-state index contributed by atoms with van der Waals surface area (Å²) < 4.78 is 12.4. The molecule has 2 aromatic carbocycles. The average molecular weight is 402 g/mol. The van der Waals surface area contributed by atoms with Crippen molar-refractivity contribution in [3.05, 3.63) is 77.9 Å². The van der Waals surface area contributed by atoms with Gasteiger partial charge in [0.2, 0.25) is 0 Å².